The molecule has 2 aromatic rings. The lowest BCUT2D eigenvalue weighted by molar-refractivity contribution is 0.139. The summed E-state index contributed by atoms with van der Waals surface area (Å²) in [6.07, 6.45) is -1.03. The highest BCUT2D eigenvalue weighted by Crippen LogP contribution is 2.21. The van der Waals surface area contributed by atoms with E-state index in [1.165, 1.54) is 4.40 Å². The standard InChI is InChI=1S/C8H6F2IN3/c1-4-5(11)2-3-14-7(4)12-13-8(14)6(9)10/h2-3,6H,1H3. The van der Waals surface area contributed by atoms with E-state index in [0.29, 0.717) is 5.65 Å². The quantitative estimate of drug-likeness (QED) is 0.758. The Kier molecular flexibility index (Phi) is 2.38. The number of fused-ring (bicyclic) bond motifs is 1. The van der Waals surface area contributed by atoms with Crippen LogP contribution in [0.5, 0.6) is 0 Å². The van der Waals surface area contributed by atoms with Gasteiger partial charge in [-0.15, -0.1) is 10.2 Å². The van der Waals surface area contributed by atoms with Gasteiger partial charge in [0.05, 0.1) is 0 Å². The van der Waals surface area contributed by atoms with Crippen LogP contribution < -0.4 is 0 Å². The molecule has 2 aromatic heterocycles. The number of hydrogen-bond donors (Lipinski definition) is 0. The molecule has 6 heteroatoms. The molecular formula is C8H6F2IN3. The molecule has 2 rings (SSSR count). The van der Waals surface area contributed by atoms with Gasteiger partial charge in [-0.1, -0.05) is 0 Å². The number of halogens is 3. The van der Waals surface area contributed by atoms with Crippen molar-refractivity contribution in [3.63, 3.8) is 0 Å². The summed E-state index contributed by atoms with van der Waals surface area (Å²) in [5.41, 5.74) is 1.36. The summed E-state index contributed by atoms with van der Waals surface area (Å²) in [7, 11) is 0. The molecule has 0 aliphatic rings. The minimum absolute atomic E-state index is 0.306. The van der Waals surface area contributed by atoms with Crippen LogP contribution in [0.2, 0.25) is 0 Å². The molecule has 0 aliphatic heterocycles. The second-order valence-electron chi connectivity index (χ2n) is 2.84. The highest BCUT2D eigenvalue weighted by atomic mass is 127. The third kappa shape index (κ3) is 1.37. The van der Waals surface area contributed by atoms with E-state index in [1.807, 2.05) is 6.92 Å². The smallest absolute Gasteiger partial charge is 0.281 e. The molecule has 0 atom stereocenters. The van der Waals surface area contributed by atoms with Crippen molar-refractivity contribution in [2.24, 2.45) is 0 Å². The van der Waals surface area contributed by atoms with Crippen LogP contribution in [0, 0.1) is 10.5 Å². The normalized spacial score (nSPS) is 11.5. The summed E-state index contributed by atoms with van der Waals surface area (Å²) >= 11 is 2.13. The van der Waals surface area contributed by atoms with Gasteiger partial charge >= 0.3 is 0 Å². The maximum atomic E-state index is 12.4. The van der Waals surface area contributed by atoms with Gasteiger partial charge in [0.15, 0.2) is 5.65 Å². The molecule has 2 heterocycles. The van der Waals surface area contributed by atoms with Crippen molar-refractivity contribution < 1.29 is 8.78 Å². The van der Waals surface area contributed by atoms with E-state index in [0.717, 1.165) is 9.13 Å². The number of nitrogens with zero attached hydrogens (tertiary/aromatic N) is 3. The van der Waals surface area contributed by atoms with E-state index in [-0.39, 0.29) is 5.82 Å². The number of alkyl halides is 2. The molecule has 0 radical (unpaired) electrons. The van der Waals surface area contributed by atoms with E-state index in [4.69, 9.17) is 0 Å². The predicted molar refractivity (Wildman–Crippen MR) is 55.4 cm³/mol. The van der Waals surface area contributed by atoms with Gasteiger partial charge in [-0.05, 0) is 35.6 Å². The van der Waals surface area contributed by atoms with Crippen LogP contribution in [-0.2, 0) is 0 Å². The minimum Gasteiger partial charge on any atom is -0.281 e. The molecule has 0 amide bonds. The van der Waals surface area contributed by atoms with E-state index in [1.54, 1.807) is 12.3 Å². The predicted octanol–water partition coefficient (Wildman–Crippen LogP) is 2.58. The first-order chi connectivity index (χ1) is 6.61. The molecule has 0 spiro atoms. The number of rotatable bonds is 1. The van der Waals surface area contributed by atoms with Crippen LogP contribution in [0.15, 0.2) is 12.3 Å². The summed E-state index contributed by atoms with van der Waals surface area (Å²) in [4.78, 5) is 0. The van der Waals surface area contributed by atoms with Crippen molar-refractivity contribution in [3.8, 4) is 0 Å². The summed E-state index contributed by atoms with van der Waals surface area (Å²) in [5, 5.41) is 7.18. The Labute approximate surface area is 92.3 Å². The van der Waals surface area contributed by atoms with Gasteiger partial charge < -0.3 is 0 Å². The molecule has 0 bridgehead atoms. The Bertz CT molecular complexity index is 481. The van der Waals surface area contributed by atoms with Gasteiger partial charge in [0.25, 0.3) is 6.43 Å². The molecule has 0 aliphatic carbocycles. The topological polar surface area (TPSA) is 30.2 Å². The van der Waals surface area contributed by atoms with Crippen LogP contribution in [0.3, 0.4) is 0 Å². The van der Waals surface area contributed by atoms with Crippen molar-refractivity contribution in [1.29, 1.82) is 0 Å². The van der Waals surface area contributed by atoms with Crippen molar-refractivity contribution in [1.82, 2.24) is 14.6 Å². The third-order valence-corrected chi connectivity index (χ3v) is 3.15. The fourth-order valence-electron chi connectivity index (χ4n) is 1.23. The average Bonchev–Trinajstić information content (AvgIpc) is 2.55. The van der Waals surface area contributed by atoms with Crippen LogP contribution in [0.25, 0.3) is 5.65 Å². The van der Waals surface area contributed by atoms with Crippen LogP contribution in [0.1, 0.15) is 17.8 Å². The lowest BCUT2D eigenvalue weighted by Gasteiger charge is -2.01. The first kappa shape index (κ1) is 9.75. The first-order valence-corrected chi connectivity index (χ1v) is 4.97. The summed E-state index contributed by atoms with van der Waals surface area (Å²) in [5.74, 6) is -0.306. The Morgan fingerprint density at radius 3 is 2.79 bits per heavy atom. The Balaban J connectivity index is 2.77. The maximum Gasteiger partial charge on any atom is 0.297 e. The van der Waals surface area contributed by atoms with Crippen molar-refractivity contribution in [2.75, 3.05) is 0 Å². The SMILES string of the molecule is Cc1c(I)ccn2c(C(F)F)nnc12. The van der Waals surface area contributed by atoms with E-state index in [2.05, 4.69) is 32.8 Å². The van der Waals surface area contributed by atoms with Crippen LogP contribution in [0.4, 0.5) is 8.78 Å². The molecule has 0 unspecified atom stereocenters. The highest BCUT2D eigenvalue weighted by Gasteiger charge is 2.16. The minimum atomic E-state index is -2.59. The lowest BCUT2D eigenvalue weighted by atomic mass is 10.3. The van der Waals surface area contributed by atoms with Gasteiger partial charge in [0, 0.05) is 15.3 Å². The fraction of sp³-hybridized carbons (Fsp3) is 0.250. The molecule has 74 valence electrons. The largest absolute Gasteiger partial charge is 0.297 e. The Morgan fingerprint density at radius 2 is 2.14 bits per heavy atom. The molecule has 0 fully saturated rings. The van der Waals surface area contributed by atoms with Gasteiger partial charge in [0.2, 0.25) is 5.82 Å². The van der Waals surface area contributed by atoms with Crippen LogP contribution in [-0.4, -0.2) is 14.6 Å². The number of aryl methyl sites for hydroxylation is 1. The van der Waals surface area contributed by atoms with Gasteiger partial charge in [-0.3, -0.25) is 4.40 Å². The summed E-state index contributed by atoms with van der Waals surface area (Å²) in [6.45, 7) is 1.83. The Hall–Kier alpha value is -0.790. The molecule has 0 N–H and O–H groups in total. The second-order valence-corrected chi connectivity index (χ2v) is 4.00. The van der Waals surface area contributed by atoms with Gasteiger partial charge in [-0.25, -0.2) is 8.78 Å². The van der Waals surface area contributed by atoms with Gasteiger partial charge in [-0.2, -0.15) is 0 Å². The monoisotopic (exact) mass is 309 g/mol. The molecule has 0 saturated carbocycles. The lowest BCUT2D eigenvalue weighted by Crippen LogP contribution is -1.96. The zero-order valence-corrected chi connectivity index (χ0v) is 9.37. The number of pyridine rings is 1. The van der Waals surface area contributed by atoms with Gasteiger partial charge in [0.1, 0.15) is 0 Å². The summed E-state index contributed by atoms with van der Waals surface area (Å²) < 4.78 is 27.2. The second kappa shape index (κ2) is 3.41. The third-order valence-electron chi connectivity index (χ3n) is 1.98. The molecule has 0 aromatic carbocycles. The van der Waals surface area contributed by atoms with Crippen LogP contribution >= 0.6 is 22.6 Å². The van der Waals surface area contributed by atoms with E-state index in [9.17, 15) is 8.78 Å². The molecule has 0 saturated heterocycles. The number of hydrogen-bond acceptors (Lipinski definition) is 2. The fourth-order valence-corrected chi connectivity index (χ4v) is 1.63. The average molecular weight is 309 g/mol. The molecule has 3 nitrogen and oxygen atoms in total. The molecule has 14 heavy (non-hydrogen) atoms. The van der Waals surface area contributed by atoms with Crippen molar-refractivity contribution in [3.05, 3.63) is 27.2 Å². The van der Waals surface area contributed by atoms with Crippen molar-refractivity contribution in [2.45, 2.75) is 13.3 Å². The zero-order chi connectivity index (χ0) is 10.3. The molecular weight excluding hydrogens is 303 g/mol. The van der Waals surface area contributed by atoms with Crippen molar-refractivity contribution >= 4 is 28.2 Å². The number of aromatic nitrogens is 3. The Morgan fingerprint density at radius 1 is 1.43 bits per heavy atom. The van der Waals surface area contributed by atoms with E-state index < -0.39 is 6.43 Å². The highest BCUT2D eigenvalue weighted by molar-refractivity contribution is 14.1. The zero-order valence-electron chi connectivity index (χ0n) is 7.21. The first-order valence-electron chi connectivity index (χ1n) is 3.89. The summed E-state index contributed by atoms with van der Waals surface area (Å²) in [6, 6.07) is 1.76. The van der Waals surface area contributed by atoms with E-state index >= 15 is 0 Å². The maximum absolute atomic E-state index is 12.4.